The highest BCUT2D eigenvalue weighted by Crippen LogP contribution is 2.23. The monoisotopic (exact) mass is 444 g/mol. The van der Waals surface area contributed by atoms with Gasteiger partial charge in [-0.15, -0.1) is 0 Å². The highest BCUT2D eigenvalue weighted by molar-refractivity contribution is 6.31. The van der Waals surface area contributed by atoms with Crippen molar-refractivity contribution in [1.82, 2.24) is 15.5 Å². The molecule has 1 aliphatic heterocycles. The molecule has 7 nitrogen and oxygen atoms in total. The molecule has 0 aromatic heterocycles. The summed E-state index contributed by atoms with van der Waals surface area (Å²) in [4.78, 5) is 27.0. The molecule has 1 atom stereocenters. The summed E-state index contributed by atoms with van der Waals surface area (Å²) in [6.07, 6.45) is 1.90. The molecule has 0 aliphatic carbocycles. The van der Waals surface area contributed by atoms with Crippen molar-refractivity contribution >= 4 is 29.1 Å². The van der Waals surface area contributed by atoms with Gasteiger partial charge in [-0.05, 0) is 68.2 Å². The molecule has 2 aromatic carbocycles. The fraction of sp³-hybridized carbons (Fsp3) is 0.391. The van der Waals surface area contributed by atoms with E-state index in [0.29, 0.717) is 46.6 Å². The summed E-state index contributed by atoms with van der Waals surface area (Å²) in [6.45, 7) is 4.04. The SMILES string of the molecule is COc1ccc(Cl)cc1C(=O)NC[C@H]1CCN(CCCNC(=O)c2cccc(N)c2)C1. The van der Waals surface area contributed by atoms with Gasteiger partial charge < -0.3 is 26.0 Å². The Morgan fingerprint density at radius 3 is 2.81 bits per heavy atom. The van der Waals surface area contributed by atoms with Gasteiger partial charge in [-0.3, -0.25) is 9.59 Å². The van der Waals surface area contributed by atoms with Crippen molar-refractivity contribution in [3.8, 4) is 5.75 Å². The lowest BCUT2D eigenvalue weighted by molar-refractivity contribution is 0.0940. The van der Waals surface area contributed by atoms with Gasteiger partial charge in [0.05, 0.1) is 12.7 Å². The number of nitrogens with one attached hydrogen (secondary N) is 2. The molecule has 8 heteroatoms. The molecule has 1 aliphatic rings. The van der Waals surface area contributed by atoms with Crippen molar-refractivity contribution in [2.45, 2.75) is 12.8 Å². The van der Waals surface area contributed by atoms with E-state index in [2.05, 4.69) is 15.5 Å². The third kappa shape index (κ3) is 6.60. The second-order valence-electron chi connectivity index (χ2n) is 7.74. The number of likely N-dealkylation sites (tertiary alicyclic amines) is 1. The molecule has 166 valence electrons. The van der Waals surface area contributed by atoms with Crippen molar-refractivity contribution in [3.05, 3.63) is 58.6 Å². The molecule has 1 saturated heterocycles. The average molecular weight is 445 g/mol. The van der Waals surface area contributed by atoms with Crippen molar-refractivity contribution in [3.63, 3.8) is 0 Å². The number of nitrogens with two attached hydrogens (primary N) is 1. The molecule has 2 amide bonds. The molecule has 0 spiro atoms. The van der Waals surface area contributed by atoms with Crippen LogP contribution in [-0.4, -0.2) is 56.5 Å². The Balaban J connectivity index is 1.36. The molecule has 31 heavy (non-hydrogen) atoms. The van der Waals surface area contributed by atoms with Gasteiger partial charge in [-0.25, -0.2) is 0 Å². The first-order valence-corrected chi connectivity index (χ1v) is 10.8. The maximum atomic E-state index is 12.5. The summed E-state index contributed by atoms with van der Waals surface area (Å²) in [5, 5.41) is 6.43. The Hall–Kier alpha value is -2.77. The highest BCUT2D eigenvalue weighted by Gasteiger charge is 2.23. The zero-order chi connectivity index (χ0) is 22.2. The predicted octanol–water partition coefficient (Wildman–Crippen LogP) is 2.80. The number of rotatable bonds is 9. The highest BCUT2D eigenvalue weighted by atomic mass is 35.5. The molecule has 0 saturated carbocycles. The summed E-state index contributed by atoms with van der Waals surface area (Å²) in [5.41, 5.74) is 7.32. The molecule has 0 bridgehead atoms. The van der Waals surface area contributed by atoms with Crippen LogP contribution in [0.3, 0.4) is 0 Å². The van der Waals surface area contributed by atoms with E-state index in [1.807, 2.05) is 0 Å². The van der Waals surface area contributed by atoms with Gasteiger partial charge in [0.1, 0.15) is 5.75 Å². The standard InChI is InChI=1S/C23H29ClN4O3/c1-31-21-7-6-18(24)13-20(21)23(30)27-14-16-8-11-28(15-16)10-3-9-26-22(29)17-4-2-5-19(25)12-17/h2,4-7,12-13,16H,3,8-11,14-15,25H2,1H3,(H,26,29)(H,27,30)/t16-/m1/s1. The van der Waals surface area contributed by atoms with Crippen LogP contribution in [0, 0.1) is 5.92 Å². The first-order chi connectivity index (χ1) is 15.0. The van der Waals surface area contributed by atoms with Gasteiger partial charge >= 0.3 is 0 Å². The van der Waals surface area contributed by atoms with Crippen LogP contribution in [0.1, 0.15) is 33.6 Å². The number of halogens is 1. The Labute approximate surface area is 187 Å². The van der Waals surface area contributed by atoms with Gasteiger partial charge in [0.25, 0.3) is 11.8 Å². The summed E-state index contributed by atoms with van der Waals surface area (Å²) < 4.78 is 5.25. The first kappa shape index (κ1) is 22.9. The number of carbonyl (C=O) groups excluding carboxylic acids is 2. The number of hydrogen-bond donors (Lipinski definition) is 3. The summed E-state index contributed by atoms with van der Waals surface area (Å²) in [6, 6.07) is 12.0. The van der Waals surface area contributed by atoms with E-state index >= 15 is 0 Å². The number of nitrogens with zero attached hydrogens (tertiary/aromatic N) is 1. The molecule has 3 rings (SSSR count). The maximum absolute atomic E-state index is 12.5. The van der Waals surface area contributed by atoms with Crippen LogP contribution in [0.2, 0.25) is 5.02 Å². The van der Waals surface area contributed by atoms with E-state index in [1.54, 1.807) is 42.5 Å². The lowest BCUT2D eigenvalue weighted by Gasteiger charge is -2.17. The van der Waals surface area contributed by atoms with Gasteiger partial charge in [0.2, 0.25) is 0 Å². The number of amides is 2. The van der Waals surface area contributed by atoms with Crippen LogP contribution < -0.4 is 21.1 Å². The van der Waals surface area contributed by atoms with Crippen LogP contribution in [0.15, 0.2) is 42.5 Å². The van der Waals surface area contributed by atoms with Gasteiger partial charge in [-0.2, -0.15) is 0 Å². The van der Waals surface area contributed by atoms with Gasteiger partial charge in [0, 0.05) is 35.9 Å². The van der Waals surface area contributed by atoms with Crippen molar-refractivity contribution in [2.75, 3.05) is 45.6 Å². The fourth-order valence-electron chi connectivity index (χ4n) is 3.76. The Morgan fingerprint density at radius 1 is 1.19 bits per heavy atom. The largest absolute Gasteiger partial charge is 0.496 e. The predicted molar refractivity (Wildman–Crippen MR) is 123 cm³/mol. The molecular weight excluding hydrogens is 416 g/mol. The quantitative estimate of drug-likeness (QED) is 0.408. The lowest BCUT2D eigenvalue weighted by Crippen LogP contribution is -2.32. The molecule has 0 unspecified atom stereocenters. The third-order valence-electron chi connectivity index (χ3n) is 5.41. The van der Waals surface area contributed by atoms with Crippen molar-refractivity contribution < 1.29 is 14.3 Å². The normalized spacial score (nSPS) is 16.1. The Bertz CT molecular complexity index is 921. The van der Waals surface area contributed by atoms with E-state index in [1.165, 1.54) is 7.11 Å². The van der Waals surface area contributed by atoms with E-state index in [0.717, 1.165) is 32.5 Å². The van der Waals surface area contributed by atoms with E-state index in [-0.39, 0.29) is 11.8 Å². The Kier molecular flexibility index (Phi) is 8.14. The fourth-order valence-corrected chi connectivity index (χ4v) is 3.93. The zero-order valence-corrected chi connectivity index (χ0v) is 18.5. The van der Waals surface area contributed by atoms with Crippen LogP contribution in [0.4, 0.5) is 5.69 Å². The van der Waals surface area contributed by atoms with Crippen molar-refractivity contribution in [1.29, 1.82) is 0 Å². The van der Waals surface area contributed by atoms with Gasteiger partial charge in [-0.1, -0.05) is 17.7 Å². The molecule has 4 N–H and O–H groups in total. The Morgan fingerprint density at radius 2 is 2.03 bits per heavy atom. The second-order valence-corrected chi connectivity index (χ2v) is 8.18. The minimum absolute atomic E-state index is 0.106. The number of ether oxygens (including phenoxy) is 1. The number of methoxy groups -OCH3 is 1. The number of nitrogen functional groups attached to an aromatic ring is 1. The number of anilines is 1. The minimum Gasteiger partial charge on any atom is -0.496 e. The van der Waals surface area contributed by atoms with Crippen LogP contribution in [0.25, 0.3) is 0 Å². The first-order valence-electron chi connectivity index (χ1n) is 10.4. The third-order valence-corrected chi connectivity index (χ3v) is 5.65. The van der Waals surface area contributed by atoms with E-state index < -0.39 is 0 Å². The zero-order valence-electron chi connectivity index (χ0n) is 17.7. The summed E-state index contributed by atoms with van der Waals surface area (Å²) in [5.74, 6) is 0.624. The number of hydrogen-bond acceptors (Lipinski definition) is 5. The second kappa shape index (κ2) is 11.0. The van der Waals surface area contributed by atoms with E-state index in [4.69, 9.17) is 22.1 Å². The maximum Gasteiger partial charge on any atom is 0.255 e. The molecule has 2 aromatic rings. The summed E-state index contributed by atoms with van der Waals surface area (Å²) >= 11 is 6.01. The smallest absolute Gasteiger partial charge is 0.255 e. The topological polar surface area (TPSA) is 96.7 Å². The van der Waals surface area contributed by atoms with Crippen LogP contribution >= 0.6 is 11.6 Å². The molecule has 1 heterocycles. The summed E-state index contributed by atoms with van der Waals surface area (Å²) in [7, 11) is 1.53. The van der Waals surface area contributed by atoms with E-state index in [9.17, 15) is 9.59 Å². The molecule has 1 fully saturated rings. The number of benzene rings is 2. The van der Waals surface area contributed by atoms with Crippen LogP contribution in [-0.2, 0) is 0 Å². The molecular formula is C23H29ClN4O3. The van der Waals surface area contributed by atoms with Crippen molar-refractivity contribution in [2.24, 2.45) is 5.92 Å². The van der Waals surface area contributed by atoms with Crippen LogP contribution in [0.5, 0.6) is 5.75 Å². The number of carbonyl (C=O) groups is 2. The average Bonchev–Trinajstić information content (AvgIpc) is 3.22. The van der Waals surface area contributed by atoms with Gasteiger partial charge in [0.15, 0.2) is 0 Å². The lowest BCUT2D eigenvalue weighted by atomic mass is 10.1. The molecule has 0 radical (unpaired) electrons. The minimum atomic E-state index is -0.179.